The fraction of sp³-hybridized carbons (Fsp3) is 0.0286. The Morgan fingerprint density at radius 2 is 1.10 bits per heavy atom. The predicted octanol–water partition coefficient (Wildman–Crippen LogP) is 8.40. The van der Waals surface area contributed by atoms with Gasteiger partial charge in [-0.25, -0.2) is 4.98 Å². The lowest BCUT2D eigenvalue weighted by atomic mass is 10.0. The standard InChI is InChI=1S/C35H27N3O.ClH/c1-25-35(39)38-24-32(22-16-26-12-18-30(19-13-26)28-8-4-2-5-9-28)37-33(34(38)36-25)23-17-27-14-20-31(21-15-27)29-10-6-3-7-11-29;/h2-24,37H,1H3;1H/b22-16+,23-17+;. The number of halogens is 1. The highest BCUT2D eigenvalue weighted by atomic mass is 35.5. The third-order valence-electron chi connectivity index (χ3n) is 6.75. The molecule has 0 atom stereocenters. The van der Waals surface area contributed by atoms with Crippen LogP contribution in [0.1, 0.15) is 28.2 Å². The highest BCUT2D eigenvalue weighted by molar-refractivity contribution is 5.85. The molecular formula is C35H28ClN3O. The summed E-state index contributed by atoms with van der Waals surface area (Å²) in [4.78, 5) is 20.7. The molecule has 5 heteroatoms. The van der Waals surface area contributed by atoms with E-state index < -0.39 is 0 Å². The average Bonchev–Trinajstić information content (AvgIpc) is 3.29. The maximum Gasteiger partial charge on any atom is 0.277 e. The number of H-pyrrole nitrogens is 1. The third kappa shape index (κ3) is 5.73. The first-order valence-corrected chi connectivity index (χ1v) is 12.9. The van der Waals surface area contributed by atoms with E-state index in [4.69, 9.17) is 0 Å². The number of aryl methyl sites for hydroxylation is 1. The van der Waals surface area contributed by atoms with E-state index >= 15 is 0 Å². The summed E-state index contributed by atoms with van der Waals surface area (Å²) in [5, 5.41) is 0. The average molecular weight is 542 g/mol. The smallest absolute Gasteiger partial charge is 0.277 e. The molecule has 40 heavy (non-hydrogen) atoms. The van der Waals surface area contributed by atoms with Crippen molar-refractivity contribution in [1.82, 2.24) is 14.5 Å². The van der Waals surface area contributed by atoms with Crippen molar-refractivity contribution in [2.75, 3.05) is 0 Å². The van der Waals surface area contributed by atoms with Gasteiger partial charge in [0.1, 0.15) is 5.69 Å². The fourth-order valence-corrected chi connectivity index (χ4v) is 4.62. The van der Waals surface area contributed by atoms with Crippen LogP contribution < -0.4 is 5.56 Å². The number of benzene rings is 4. The minimum Gasteiger partial charge on any atom is -0.351 e. The zero-order chi connectivity index (χ0) is 26.6. The van der Waals surface area contributed by atoms with Crippen molar-refractivity contribution in [3.63, 3.8) is 0 Å². The van der Waals surface area contributed by atoms with E-state index in [0.717, 1.165) is 22.5 Å². The Morgan fingerprint density at radius 3 is 1.62 bits per heavy atom. The molecule has 2 heterocycles. The van der Waals surface area contributed by atoms with E-state index in [1.54, 1.807) is 17.7 Å². The molecule has 1 N–H and O–H groups in total. The Labute approximate surface area is 239 Å². The van der Waals surface area contributed by atoms with Gasteiger partial charge in [0, 0.05) is 6.20 Å². The van der Waals surface area contributed by atoms with Crippen LogP contribution in [0.4, 0.5) is 0 Å². The molecule has 2 aliphatic rings. The van der Waals surface area contributed by atoms with Crippen molar-refractivity contribution >= 4 is 36.7 Å². The Kier molecular flexibility index (Phi) is 7.90. The Bertz CT molecular complexity index is 1800. The summed E-state index contributed by atoms with van der Waals surface area (Å²) >= 11 is 0. The van der Waals surface area contributed by atoms with Gasteiger partial charge in [-0.3, -0.25) is 9.36 Å². The molecule has 0 bridgehead atoms. The molecule has 4 nitrogen and oxygen atoms in total. The van der Waals surface area contributed by atoms with Crippen molar-refractivity contribution in [3.8, 4) is 28.1 Å². The van der Waals surface area contributed by atoms with Gasteiger partial charge in [-0.15, -0.1) is 12.4 Å². The van der Waals surface area contributed by atoms with Crippen molar-refractivity contribution in [2.45, 2.75) is 6.92 Å². The quantitative estimate of drug-likeness (QED) is 0.230. The van der Waals surface area contributed by atoms with E-state index in [9.17, 15) is 4.79 Å². The topological polar surface area (TPSA) is 50.7 Å². The van der Waals surface area contributed by atoms with Crippen LogP contribution >= 0.6 is 12.4 Å². The molecule has 0 saturated heterocycles. The first-order chi connectivity index (χ1) is 19.1. The number of nitrogens with zero attached hydrogens (tertiary/aromatic N) is 2. The maximum absolute atomic E-state index is 12.8. The first-order valence-electron chi connectivity index (χ1n) is 12.9. The minimum absolute atomic E-state index is 0. The van der Waals surface area contributed by atoms with Crippen LogP contribution in [-0.2, 0) is 0 Å². The summed E-state index contributed by atoms with van der Waals surface area (Å²) in [5.74, 6) is 0.610. The van der Waals surface area contributed by atoms with Crippen LogP contribution in [0.3, 0.4) is 0 Å². The van der Waals surface area contributed by atoms with Crippen molar-refractivity contribution in [2.24, 2.45) is 0 Å². The number of aromatic nitrogens is 3. The molecule has 0 unspecified atom stereocenters. The Hall–Kier alpha value is -4.93. The second kappa shape index (κ2) is 11.9. The van der Waals surface area contributed by atoms with Crippen LogP contribution in [0.5, 0.6) is 0 Å². The molecule has 0 fully saturated rings. The summed E-state index contributed by atoms with van der Waals surface area (Å²) in [6.45, 7) is 1.74. The van der Waals surface area contributed by atoms with E-state index in [0.29, 0.717) is 11.5 Å². The van der Waals surface area contributed by atoms with Gasteiger partial charge in [-0.1, -0.05) is 121 Å². The molecule has 2 aliphatic heterocycles. The van der Waals surface area contributed by atoms with Crippen LogP contribution in [0.15, 0.2) is 120 Å². The molecule has 0 spiro atoms. The molecular weight excluding hydrogens is 514 g/mol. The van der Waals surface area contributed by atoms with Gasteiger partial charge < -0.3 is 4.98 Å². The Balaban J connectivity index is 0.00000323. The summed E-state index contributed by atoms with van der Waals surface area (Å²) in [5.41, 5.74) is 8.81. The molecule has 0 saturated carbocycles. The van der Waals surface area contributed by atoms with E-state index in [1.807, 2.05) is 60.7 Å². The summed E-state index contributed by atoms with van der Waals surface area (Å²) in [6.07, 6.45) is 9.84. The number of hydrogen-bond acceptors (Lipinski definition) is 2. The van der Waals surface area contributed by atoms with Gasteiger partial charge in [0.25, 0.3) is 5.56 Å². The molecule has 0 aromatic heterocycles. The number of fused-ring (bicyclic) bond motifs is 1. The minimum atomic E-state index is -0.109. The van der Waals surface area contributed by atoms with E-state index in [2.05, 4.69) is 82.8 Å². The molecule has 196 valence electrons. The molecule has 6 rings (SSSR count). The number of aromatic amines is 1. The lowest BCUT2D eigenvalue weighted by Crippen LogP contribution is -2.15. The Morgan fingerprint density at radius 1 is 0.625 bits per heavy atom. The van der Waals surface area contributed by atoms with Crippen LogP contribution in [-0.4, -0.2) is 14.5 Å². The zero-order valence-electron chi connectivity index (χ0n) is 22.0. The van der Waals surface area contributed by atoms with E-state index in [1.165, 1.54) is 22.3 Å². The molecule has 4 aromatic rings. The summed E-state index contributed by atoms with van der Waals surface area (Å²) in [6, 6.07) is 37.5. The van der Waals surface area contributed by atoms with Gasteiger partial charge in [-0.2, -0.15) is 0 Å². The fourth-order valence-electron chi connectivity index (χ4n) is 4.62. The van der Waals surface area contributed by atoms with Crippen molar-refractivity contribution in [3.05, 3.63) is 154 Å². The van der Waals surface area contributed by atoms with Crippen LogP contribution in [0.2, 0.25) is 0 Å². The molecule has 0 amide bonds. The van der Waals surface area contributed by atoms with Crippen molar-refractivity contribution in [1.29, 1.82) is 0 Å². The van der Waals surface area contributed by atoms with Crippen LogP contribution in [0, 0.1) is 6.92 Å². The molecule has 0 radical (unpaired) electrons. The lowest BCUT2D eigenvalue weighted by molar-refractivity contribution is 0.954. The second-order valence-electron chi connectivity index (χ2n) is 9.46. The van der Waals surface area contributed by atoms with Crippen LogP contribution in [0.25, 0.3) is 52.4 Å². The zero-order valence-corrected chi connectivity index (χ0v) is 22.8. The summed E-state index contributed by atoms with van der Waals surface area (Å²) in [7, 11) is 0. The highest BCUT2D eigenvalue weighted by Crippen LogP contribution is 2.23. The van der Waals surface area contributed by atoms with Gasteiger partial charge in [0.05, 0.1) is 11.4 Å². The molecule has 4 aromatic carbocycles. The molecule has 0 aliphatic carbocycles. The lowest BCUT2D eigenvalue weighted by Gasteiger charge is -2.08. The number of rotatable bonds is 6. The van der Waals surface area contributed by atoms with Crippen molar-refractivity contribution < 1.29 is 0 Å². The summed E-state index contributed by atoms with van der Waals surface area (Å²) < 4.78 is 1.61. The largest absolute Gasteiger partial charge is 0.351 e. The number of nitrogens with one attached hydrogen (secondary N) is 1. The second-order valence-corrected chi connectivity index (χ2v) is 9.46. The van der Waals surface area contributed by atoms with Gasteiger partial charge in [-0.05, 0) is 52.5 Å². The third-order valence-corrected chi connectivity index (χ3v) is 6.75. The SMILES string of the molecule is Cc1nc2c(/C=C/c3ccc(-c4ccccc4)cc3)[nH]c(/C=C/c3ccc(-c4ccccc4)cc3)cn-2c1=O.Cl. The maximum atomic E-state index is 12.8. The number of hydrogen-bond donors (Lipinski definition) is 1. The van der Waals surface area contributed by atoms with Gasteiger partial charge in [0.15, 0.2) is 5.82 Å². The highest BCUT2D eigenvalue weighted by Gasteiger charge is 2.15. The van der Waals surface area contributed by atoms with Gasteiger partial charge >= 0.3 is 0 Å². The van der Waals surface area contributed by atoms with Gasteiger partial charge in [0.2, 0.25) is 0 Å². The number of imidazole rings is 1. The predicted molar refractivity (Wildman–Crippen MR) is 169 cm³/mol. The normalized spacial score (nSPS) is 11.3. The van der Waals surface area contributed by atoms with E-state index in [-0.39, 0.29) is 18.0 Å². The monoisotopic (exact) mass is 541 g/mol. The first kappa shape index (κ1) is 26.7.